The van der Waals surface area contributed by atoms with E-state index in [0.717, 1.165) is 6.41 Å². The molecule has 0 radical (unpaired) electrons. The van der Waals surface area contributed by atoms with Crippen molar-refractivity contribution in [2.24, 2.45) is 0 Å². The van der Waals surface area contributed by atoms with Gasteiger partial charge in [0.1, 0.15) is 0 Å². The first-order chi connectivity index (χ1) is 4.68. The number of methoxy groups -OCH3 is 1. The second-order valence-electron chi connectivity index (χ2n) is 1.79. The third-order valence-electron chi connectivity index (χ3n) is 0.506. The molecule has 1 N–H and O–H groups in total. The Morgan fingerprint density at radius 2 is 2.00 bits per heavy atom. The van der Waals surface area contributed by atoms with Gasteiger partial charge in [-0.15, -0.1) is 0 Å². The van der Waals surface area contributed by atoms with Gasteiger partial charge in [0.15, 0.2) is 0 Å². The van der Waals surface area contributed by atoms with Gasteiger partial charge >= 0.3 is 0 Å². The molecule has 0 aliphatic carbocycles. The van der Waals surface area contributed by atoms with Crippen molar-refractivity contribution in [3.63, 3.8) is 0 Å². The molecular formula is C6H15NO3. The van der Waals surface area contributed by atoms with E-state index in [4.69, 9.17) is 5.11 Å². The highest BCUT2D eigenvalue weighted by molar-refractivity contribution is 5.45. The Morgan fingerprint density at radius 3 is 2.00 bits per heavy atom. The fraction of sp³-hybridized carbons (Fsp3) is 0.833. The van der Waals surface area contributed by atoms with E-state index in [1.165, 1.54) is 4.90 Å². The molecule has 0 spiro atoms. The smallest absolute Gasteiger partial charge is 0.209 e. The summed E-state index contributed by atoms with van der Waals surface area (Å²) in [5, 5.41) is 7.94. The number of carbonyl (C=O) groups is 1. The Balaban J connectivity index is 0. The molecule has 0 aromatic carbocycles. The van der Waals surface area contributed by atoms with E-state index >= 15 is 0 Å². The summed E-state index contributed by atoms with van der Waals surface area (Å²) in [5.41, 5.74) is 0. The summed E-state index contributed by atoms with van der Waals surface area (Å²) in [7, 11) is 4.93. The number of aliphatic hydroxyl groups excluding tert-OH is 1. The van der Waals surface area contributed by atoms with Crippen molar-refractivity contribution >= 4 is 6.41 Å². The number of rotatable bonds is 3. The highest BCUT2D eigenvalue weighted by Gasteiger charge is 1.68. The van der Waals surface area contributed by atoms with Crippen molar-refractivity contribution in [3.05, 3.63) is 0 Å². The number of hydrogen-bond donors (Lipinski definition) is 1. The Bertz CT molecular complexity index is 64.0. The molecule has 0 atom stereocenters. The normalized spacial score (nSPS) is 7.60. The zero-order chi connectivity index (χ0) is 8.41. The van der Waals surface area contributed by atoms with Crippen LogP contribution in [0.25, 0.3) is 0 Å². The van der Waals surface area contributed by atoms with Crippen LogP contribution in [-0.2, 0) is 9.53 Å². The predicted molar refractivity (Wildman–Crippen MR) is 38.7 cm³/mol. The molecule has 1 amide bonds. The molecule has 0 aliphatic rings. The molecule has 0 rings (SSSR count). The molecule has 0 bridgehead atoms. The van der Waals surface area contributed by atoms with Gasteiger partial charge in [-0.2, -0.15) is 0 Å². The number of ether oxygens (including phenoxy) is 1. The highest BCUT2D eigenvalue weighted by atomic mass is 16.5. The molecule has 4 nitrogen and oxygen atoms in total. The Labute approximate surface area is 61.4 Å². The molecule has 0 saturated heterocycles. The van der Waals surface area contributed by atoms with Gasteiger partial charge in [0.25, 0.3) is 0 Å². The lowest BCUT2D eigenvalue weighted by Crippen LogP contribution is -2.06. The fourth-order valence-electron chi connectivity index (χ4n) is 0.0913. The maximum absolute atomic E-state index is 9.43. The second kappa shape index (κ2) is 11.2. The van der Waals surface area contributed by atoms with Crippen LogP contribution < -0.4 is 0 Å². The Kier molecular flexibility index (Phi) is 13.6. The molecular weight excluding hydrogens is 134 g/mol. The summed E-state index contributed by atoms with van der Waals surface area (Å²) in [6, 6.07) is 0. The second-order valence-corrected chi connectivity index (χ2v) is 1.79. The summed E-state index contributed by atoms with van der Waals surface area (Å²) in [6.45, 7) is 0.566. The third-order valence-corrected chi connectivity index (χ3v) is 0.506. The average molecular weight is 149 g/mol. The molecule has 62 valence electrons. The minimum atomic E-state index is 0.122. The molecule has 4 heteroatoms. The predicted octanol–water partition coefficient (Wildman–Crippen LogP) is -0.671. The van der Waals surface area contributed by atoms with E-state index in [2.05, 4.69) is 4.74 Å². The van der Waals surface area contributed by atoms with Crippen LogP contribution in [-0.4, -0.2) is 50.8 Å². The first-order valence-corrected chi connectivity index (χ1v) is 2.90. The SMILES string of the molecule is CN(C)C=O.COCCO. The Morgan fingerprint density at radius 1 is 1.60 bits per heavy atom. The Hall–Kier alpha value is -0.610. The van der Waals surface area contributed by atoms with Crippen LogP contribution in [0, 0.1) is 0 Å². The lowest BCUT2D eigenvalue weighted by Gasteiger charge is -1.93. The van der Waals surface area contributed by atoms with Crippen molar-refractivity contribution in [2.75, 3.05) is 34.4 Å². The van der Waals surface area contributed by atoms with Crippen molar-refractivity contribution < 1.29 is 14.6 Å². The van der Waals surface area contributed by atoms with Crippen LogP contribution in [0.5, 0.6) is 0 Å². The van der Waals surface area contributed by atoms with Gasteiger partial charge < -0.3 is 14.7 Å². The maximum atomic E-state index is 9.43. The summed E-state index contributed by atoms with van der Waals surface area (Å²) in [6.07, 6.45) is 0.750. The molecule has 0 unspecified atom stereocenters. The van der Waals surface area contributed by atoms with Crippen LogP contribution in [0.15, 0.2) is 0 Å². The molecule has 0 aromatic rings. The van der Waals surface area contributed by atoms with Gasteiger partial charge in [0.05, 0.1) is 13.2 Å². The third kappa shape index (κ3) is 26.3. The topological polar surface area (TPSA) is 49.8 Å². The van der Waals surface area contributed by atoms with Gasteiger partial charge in [0, 0.05) is 21.2 Å². The highest BCUT2D eigenvalue weighted by Crippen LogP contribution is 1.56. The standard InChI is InChI=1S/C3H7NO.C3H8O2/c1-4(2)3-5;1-5-3-2-4/h3H,1-2H3;4H,2-3H2,1H3. The van der Waals surface area contributed by atoms with Crippen molar-refractivity contribution in [1.29, 1.82) is 0 Å². The van der Waals surface area contributed by atoms with E-state index in [1.807, 2.05) is 0 Å². The summed E-state index contributed by atoms with van der Waals surface area (Å²) in [4.78, 5) is 10.9. The first-order valence-electron chi connectivity index (χ1n) is 2.90. The van der Waals surface area contributed by atoms with Gasteiger partial charge in [-0.3, -0.25) is 4.79 Å². The lowest BCUT2D eigenvalue weighted by molar-refractivity contribution is -0.115. The molecule has 10 heavy (non-hydrogen) atoms. The van der Waals surface area contributed by atoms with E-state index in [9.17, 15) is 4.79 Å². The van der Waals surface area contributed by atoms with Gasteiger partial charge in [-0.25, -0.2) is 0 Å². The minimum Gasteiger partial charge on any atom is -0.394 e. The van der Waals surface area contributed by atoms with Gasteiger partial charge in [0.2, 0.25) is 6.41 Å². The quantitative estimate of drug-likeness (QED) is 0.541. The van der Waals surface area contributed by atoms with Crippen LogP contribution in [0.3, 0.4) is 0 Å². The number of aliphatic hydroxyl groups is 1. The zero-order valence-corrected chi connectivity index (χ0v) is 6.70. The van der Waals surface area contributed by atoms with Crippen molar-refractivity contribution in [3.8, 4) is 0 Å². The van der Waals surface area contributed by atoms with Gasteiger partial charge in [-0.05, 0) is 0 Å². The molecule has 0 heterocycles. The summed E-state index contributed by atoms with van der Waals surface area (Å²) in [5.74, 6) is 0. The number of amides is 1. The number of carbonyl (C=O) groups excluding carboxylic acids is 1. The summed E-state index contributed by atoms with van der Waals surface area (Å²) < 4.78 is 4.44. The van der Waals surface area contributed by atoms with E-state index in [1.54, 1.807) is 21.2 Å². The fourth-order valence-corrected chi connectivity index (χ4v) is 0.0913. The van der Waals surface area contributed by atoms with E-state index < -0.39 is 0 Å². The molecule has 0 aliphatic heterocycles. The van der Waals surface area contributed by atoms with E-state index in [-0.39, 0.29) is 6.61 Å². The maximum Gasteiger partial charge on any atom is 0.209 e. The monoisotopic (exact) mass is 149 g/mol. The number of hydrogen-bond acceptors (Lipinski definition) is 3. The molecule has 0 fully saturated rings. The van der Waals surface area contributed by atoms with Gasteiger partial charge in [-0.1, -0.05) is 0 Å². The average Bonchev–Trinajstić information content (AvgIpc) is 1.91. The van der Waals surface area contributed by atoms with Crippen LogP contribution in [0.1, 0.15) is 0 Å². The molecule has 0 saturated carbocycles. The number of nitrogens with zero attached hydrogens (tertiary/aromatic N) is 1. The van der Waals surface area contributed by atoms with Crippen molar-refractivity contribution in [2.45, 2.75) is 0 Å². The lowest BCUT2D eigenvalue weighted by atomic mass is 10.8. The minimum absolute atomic E-state index is 0.122. The summed E-state index contributed by atoms with van der Waals surface area (Å²) >= 11 is 0. The van der Waals surface area contributed by atoms with Crippen LogP contribution in [0.2, 0.25) is 0 Å². The zero-order valence-electron chi connectivity index (χ0n) is 6.70. The molecule has 0 aromatic heterocycles. The van der Waals surface area contributed by atoms with Crippen LogP contribution >= 0.6 is 0 Å². The largest absolute Gasteiger partial charge is 0.394 e. The van der Waals surface area contributed by atoms with E-state index in [0.29, 0.717) is 6.61 Å². The van der Waals surface area contributed by atoms with Crippen molar-refractivity contribution in [1.82, 2.24) is 4.90 Å². The first kappa shape index (κ1) is 12.1. The van der Waals surface area contributed by atoms with Crippen LogP contribution in [0.4, 0.5) is 0 Å².